The lowest BCUT2D eigenvalue weighted by Gasteiger charge is -2.23. The van der Waals surface area contributed by atoms with Crippen LogP contribution in [0.4, 0.5) is 0 Å². The highest BCUT2D eigenvalue weighted by atomic mass is 16.5. The summed E-state index contributed by atoms with van der Waals surface area (Å²) >= 11 is 0. The van der Waals surface area contributed by atoms with Crippen LogP contribution in [0, 0.1) is 0 Å². The smallest absolute Gasteiger partial charge is 0.240 e. The summed E-state index contributed by atoms with van der Waals surface area (Å²) < 4.78 is 16.3. The van der Waals surface area contributed by atoms with Gasteiger partial charge in [-0.15, -0.1) is 0 Å². The zero-order valence-electron chi connectivity index (χ0n) is 15.3. The maximum atomic E-state index is 5.64. The van der Waals surface area contributed by atoms with Crippen molar-refractivity contribution in [3.63, 3.8) is 0 Å². The standard InChI is InChI=1S/C20H23N3O3/c1-15(16-8-7-11-18(12-16)24-3)23(2)13-20-21-19(22-26-20)14-25-17-9-5-4-6-10-17/h4-12,15H,13-14H2,1-3H3/t15-/m1/s1. The summed E-state index contributed by atoms with van der Waals surface area (Å²) in [6.07, 6.45) is 0. The third-order valence-corrected chi connectivity index (χ3v) is 4.24. The number of hydrogen-bond donors (Lipinski definition) is 0. The van der Waals surface area contributed by atoms with Crippen molar-refractivity contribution in [2.24, 2.45) is 0 Å². The fourth-order valence-electron chi connectivity index (χ4n) is 2.58. The van der Waals surface area contributed by atoms with Gasteiger partial charge in [-0.3, -0.25) is 4.90 Å². The first-order chi connectivity index (χ1) is 12.7. The minimum absolute atomic E-state index is 0.181. The lowest BCUT2D eigenvalue weighted by atomic mass is 10.1. The van der Waals surface area contributed by atoms with Crippen LogP contribution in [0.2, 0.25) is 0 Å². The normalized spacial score (nSPS) is 12.2. The second kappa shape index (κ2) is 8.49. The average Bonchev–Trinajstić information content (AvgIpc) is 3.14. The third kappa shape index (κ3) is 4.61. The molecule has 0 radical (unpaired) electrons. The fraction of sp³-hybridized carbons (Fsp3) is 0.300. The molecule has 0 aliphatic heterocycles. The molecular weight excluding hydrogens is 330 g/mol. The molecule has 0 fully saturated rings. The number of nitrogens with zero attached hydrogens (tertiary/aromatic N) is 3. The Kier molecular flexibility index (Phi) is 5.86. The van der Waals surface area contributed by atoms with Crippen LogP contribution in [-0.2, 0) is 13.2 Å². The lowest BCUT2D eigenvalue weighted by Crippen LogP contribution is -2.22. The van der Waals surface area contributed by atoms with E-state index in [0.717, 1.165) is 11.5 Å². The molecule has 0 amide bonds. The summed E-state index contributed by atoms with van der Waals surface area (Å²) in [5.74, 6) is 2.73. The summed E-state index contributed by atoms with van der Waals surface area (Å²) in [5, 5.41) is 3.99. The molecule has 0 unspecified atom stereocenters. The second-order valence-corrected chi connectivity index (χ2v) is 6.07. The Balaban J connectivity index is 1.57. The molecule has 0 aliphatic rings. The second-order valence-electron chi connectivity index (χ2n) is 6.07. The van der Waals surface area contributed by atoms with Crippen molar-refractivity contribution in [3.05, 3.63) is 71.9 Å². The van der Waals surface area contributed by atoms with E-state index >= 15 is 0 Å². The van der Waals surface area contributed by atoms with Crippen molar-refractivity contribution in [1.29, 1.82) is 0 Å². The largest absolute Gasteiger partial charge is 0.497 e. The molecule has 1 aromatic heterocycles. The molecule has 3 aromatic rings. The van der Waals surface area contributed by atoms with E-state index in [1.165, 1.54) is 5.56 Å². The van der Waals surface area contributed by atoms with Gasteiger partial charge in [-0.2, -0.15) is 4.98 Å². The Bertz CT molecular complexity index is 820. The Morgan fingerprint density at radius 3 is 2.62 bits per heavy atom. The van der Waals surface area contributed by atoms with Gasteiger partial charge in [-0.05, 0) is 43.8 Å². The highest BCUT2D eigenvalue weighted by molar-refractivity contribution is 5.30. The Labute approximate surface area is 153 Å². The first-order valence-corrected chi connectivity index (χ1v) is 8.49. The van der Waals surface area contributed by atoms with Crippen molar-refractivity contribution in [2.75, 3.05) is 14.2 Å². The molecule has 1 heterocycles. The number of rotatable bonds is 8. The summed E-state index contributed by atoms with van der Waals surface area (Å²) in [5.41, 5.74) is 1.17. The lowest BCUT2D eigenvalue weighted by molar-refractivity contribution is 0.215. The number of benzene rings is 2. The molecule has 6 nitrogen and oxygen atoms in total. The zero-order chi connectivity index (χ0) is 18.4. The predicted molar refractivity (Wildman–Crippen MR) is 97.9 cm³/mol. The molecule has 0 saturated carbocycles. The van der Waals surface area contributed by atoms with Crippen LogP contribution in [0.1, 0.15) is 30.2 Å². The fourth-order valence-corrected chi connectivity index (χ4v) is 2.58. The first-order valence-electron chi connectivity index (χ1n) is 8.49. The number of ether oxygens (including phenoxy) is 2. The third-order valence-electron chi connectivity index (χ3n) is 4.24. The first kappa shape index (κ1) is 17.9. The maximum absolute atomic E-state index is 5.64. The molecule has 0 bridgehead atoms. The molecule has 6 heteroatoms. The maximum Gasteiger partial charge on any atom is 0.240 e. The van der Waals surface area contributed by atoms with Crippen LogP contribution in [-0.4, -0.2) is 29.2 Å². The van der Waals surface area contributed by atoms with Gasteiger partial charge >= 0.3 is 0 Å². The number of para-hydroxylation sites is 1. The van der Waals surface area contributed by atoms with Gasteiger partial charge in [0.25, 0.3) is 0 Å². The zero-order valence-corrected chi connectivity index (χ0v) is 15.3. The van der Waals surface area contributed by atoms with Gasteiger partial charge in [0.05, 0.1) is 13.7 Å². The Hall–Kier alpha value is -2.86. The van der Waals surface area contributed by atoms with Crippen LogP contribution < -0.4 is 9.47 Å². The molecule has 2 aromatic carbocycles. The van der Waals surface area contributed by atoms with E-state index in [4.69, 9.17) is 14.0 Å². The Morgan fingerprint density at radius 2 is 1.85 bits per heavy atom. The monoisotopic (exact) mass is 353 g/mol. The van der Waals surface area contributed by atoms with Gasteiger partial charge in [0, 0.05) is 6.04 Å². The van der Waals surface area contributed by atoms with Crippen molar-refractivity contribution in [2.45, 2.75) is 26.1 Å². The highest BCUT2D eigenvalue weighted by Gasteiger charge is 2.16. The quantitative estimate of drug-likeness (QED) is 0.613. The number of hydrogen-bond acceptors (Lipinski definition) is 6. The van der Waals surface area contributed by atoms with Crippen molar-refractivity contribution in [3.8, 4) is 11.5 Å². The van der Waals surface area contributed by atoms with Crippen molar-refractivity contribution >= 4 is 0 Å². The van der Waals surface area contributed by atoms with Gasteiger partial charge in [0.1, 0.15) is 11.5 Å². The molecular formula is C20H23N3O3. The van der Waals surface area contributed by atoms with Gasteiger partial charge < -0.3 is 14.0 Å². The van der Waals surface area contributed by atoms with Gasteiger partial charge in [0.2, 0.25) is 11.7 Å². The van der Waals surface area contributed by atoms with Crippen molar-refractivity contribution < 1.29 is 14.0 Å². The van der Waals surface area contributed by atoms with E-state index in [1.807, 2.05) is 55.6 Å². The SMILES string of the molecule is COc1cccc([C@@H](C)N(C)Cc2nc(COc3ccccc3)no2)c1. The van der Waals surface area contributed by atoms with Crippen LogP contribution >= 0.6 is 0 Å². The summed E-state index contributed by atoms with van der Waals surface area (Å²) in [6.45, 7) is 2.96. The van der Waals surface area contributed by atoms with Crippen molar-refractivity contribution in [1.82, 2.24) is 15.0 Å². The van der Waals surface area contributed by atoms with Gasteiger partial charge in [-0.1, -0.05) is 35.5 Å². The minimum atomic E-state index is 0.181. The highest BCUT2D eigenvalue weighted by Crippen LogP contribution is 2.24. The average molecular weight is 353 g/mol. The molecule has 26 heavy (non-hydrogen) atoms. The molecule has 1 atom stereocenters. The molecule has 0 aliphatic carbocycles. The summed E-state index contributed by atoms with van der Waals surface area (Å²) in [6, 6.07) is 17.8. The minimum Gasteiger partial charge on any atom is -0.497 e. The number of methoxy groups -OCH3 is 1. The van der Waals surface area contributed by atoms with E-state index in [2.05, 4.69) is 28.0 Å². The predicted octanol–water partition coefficient (Wildman–Crippen LogP) is 3.85. The molecule has 0 saturated heterocycles. The van der Waals surface area contributed by atoms with Gasteiger partial charge in [-0.25, -0.2) is 0 Å². The van der Waals surface area contributed by atoms with E-state index in [-0.39, 0.29) is 12.6 Å². The summed E-state index contributed by atoms with van der Waals surface area (Å²) in [7, 11) is 3.69. The molecule has 0 N–H and O–H groups in total. The molecule has 136 valence electrons. The van der Waals surface area contributed by atoms with Crippen LogP contribution in [0.3, 0.4) is 0 Å². The number of aromatic nitrogens is 2. The van der Waals surface area contributed by atoms with E-state index in [0.29, 0.717) is 18.3 Å². The van der Waals surface area contributed by atoms with Crippen LogP contribution in [0.5, 0.6) is 11.5 Å². The topological polar surface area (TPSA) is 60.6 Å². The summed E-state index contributed by atoms with van der Waals surface area (Å²) in [4.78, 5) is 6.55. The van der Waals surface area contributed by atoms with E-state index < -0.39 is 0 Å². The van der Waals surface area contributed by atoms with Crippen LogP contribution in [0.15, 0.2) is 59.1 Å². The van der Waals surface area contributed by atoms with Crippen LogP contribution in [0.25, 0.3) is 0 Å². The molecule has 0 spiro atoms. The van der Waals surface area contributed by atoms with E-state index in [1.54, 1.807) is 7.11 Å². The Morgan fingerprint density at radius 1 is 1.08 bits per heavy atom. The van der Waals surface area contributed by atoms with E-state index in [9.17, 15) is 0 Å². The van der Waals surface area contributed by atoms with Gasteiger partial charge in [0.15, 0.2) is 6.61 Å². The molecule has 3 rings (SSSR count).